The van der Waals surface area contributed by atoms with E-state index in [0.29, 0.717) is 11.3 Å². The van der Waals surface area contributed by atoms with E-state index in [1.165, 1.54) is 4.31 Å². The van der Waals surface area contributed by atoms with Crippen molar-refractivity contribution in [2.24, 2.45) is 0 Å². The fourth-order valence-corrected chi connectivity index (χ4v) is 5.04. The summed E-state index contributed by atoms with van der Waals surface area (Å²) in [6.45, 7) is 1.93. The van der Waals surface area contributed by atoms with Gasteiger partial charge in [0.15, 0.2) is 5.58 Å². The third-order valence-electron chi connectivity index (χ3n) is 4.22. The van der Waals surface area contributed by atoms with Gasteiger partial charge in [-0.3, -0.25) is 4.31 Å². The van der Waals surface area contributed by atoms with E-state index in [1.807, 2.05) is 49.4 Å². The Morgan fingerprint density at radius 3 is 2.78 bits per heavy atom. The molecular formula is C17H16N2O3S. The molecule has 1 atom stereocenters. The molecule has 118 valence electrons. The van der Waals surface area contributed by atoms with Gasteiger partial charge in [-0.25, -0.2) is 8.42 Å². The van der Waals surface area contributed by atoms with Gasteiger partial charge < -0.3 is 4.52 Å². The summed E-state index contributed by atoms with van der Waals surface area (Å²) >= 11 is 0. The van der Waals surface area contributed by atoms with Crippen LogP contribution in [0.2, 0.25) is 0 Å². The fourth-order valence-electron chi connectivity index (χ4n) is 3.25. The first kappa shape index (κ1) is 14.3. The molecule has 0 saturated carbocycles. The highest BCUT2D eigenvalue weighted by Gasteiger charge is 2.35. The van der Waals surface area contributed by atoms with Crippen LogP contribution in [0.15, 0.2) is 53.1 Å². The molecule has 0 saturated heterocycles. The smallest absolute Gasteiger partial charge is 0.241 e. The number of nitrogens with zero attached hydrogens (tertiary/aromatic N) is 2. The molecule has 2 heterocycles. The standard InChI is InChI=1S/C17H16N2O3S/c1-12-10-13-6-2-4-8-16(13)19(12)23(20,21)11-15-14-7-3-5-9-17(14)22-18-15/h2-9,12H,10-11H2,1H3. The summed E-state index contributed by atoms with van der Waals surface area (Å²) in [6.07, 6.45) is 0.731. The molecule has 1 unspecified atom stereocenters. The summed E-state index contributed by atoms with van der Waals surface area (Å²) in [5.41, 5.74) is 2.89. The summed E-state index contributed by atoms with van der Waals surface area (Å²) < 4.78 is 32.7. The molecule has 1 aliphatic rings. The molecule has 0 aliphatic carbocycles. The van der Waals surface area contributed by atoms with Gasteiger partial charge in [0.1, 0.15) is 11.4 Å². The molecule has 2 aromatic carbocycles. The van der Waals surface area contributed by atoms with Crippen LogP contribution in [-0.4, -0.2) is 19.6 Å². The summed E-state index contributed by atoms with van der Waals surface area (Å²) in [4.78, 5) is 0. The first-order valence-electron chi connectivity index (χ1n) is 7.49. The summed E-state index contributed by atoms with van der Waals surface area (Å²) in [5, 5.41) is 4.70. The number of sulfonamides is 1. The van der Waals surface area contributed by atoms with Gasteiger partial charge in [0.25, 0.3) is 0 Å². The number of anilines is 1. The van der Waals surface area contributed by atoms with E-state index in [-0.39, 0.29) is 11.8 Å². The Balaban J connectivity index is 1.74. The molecule has 1 aliphatic heterocycles. The van der Waals surface area contributed by atoms with Gasteiger partial charge >= 0.3 is 0 Å². The van der Waals surface area contributed by atoms with Gasteiger partial charge in [-0.15, -0.1) is 0 Å². The van der Waals surface area contributed by atoms with Crippen molar-refractivity contribution >= 4 is 26.7 Å². The van der Waals surface area contributed by atoms with E-state index < -0.39 is 10.0 Å². The minimum Gasteiger partial charge on any atom is -0.356 e. The second-order valence-corrected chi connectivity index (χ2v) is 7.71. The van der Waals surface area contributed by atoms with E-state index in [0.717, 1.165) is 23.1 Å². The van der Waals surface area contributed by atoms with Crippen molar-refractivity contribution in [3.8, 4) is 0 Å². The SMILES string of the molecule is CC1Cc2ccccc2N1S(=O)(=O)Cc1noc2ccccc12. The molecule has 0 N–H and O–H groups in total. The lowest BCUT2D eigenvalue weighted by Gasteiger charge is -2.23. The van der Waals surface area contributed by atoms with Gasteiger partial charge in [-0.2, -0.15) is 0 Å². The third-order valence-corrected chi connectivity index (χ3v) is 6.01. The van der Waals surface area contributed by atoms with Crippen molar-refractivity contribution in [2.75, 3.05) is 4.31 Å². The van der Waals surface area contributed by atoms with E-state index in [2.05, 4.69) is 5.16 Å². The van der Waals surface area contributed by atoms with Crippen LogP contribution in [0, 0.1) is 0 Å². The lowest BCUT2D eigenvalue weighted by molar-refractivity contribution is 0.448. The van der Waals surface area contributed by atoms with Crippen molar-refractivity contribution in [2.45, 2.75) is 25.1 Å². The van der Waals surface area contributed by atoms with Crippen molar-refractivity contribution < 1.29 is 12.9 Å². The van der Waals surface area contributed by atoms with E-state index in [4.69, 9.17) is 4.52 Å². The quantitative estimate of drug-likeness (QED) is 0.741. The molecule has 4 rings (SSSR count). The van der Waals surface area contributed by atoms with Crippen LogP contribution in [0.4, 0.5) is 5.69 Å². The Morgan fingerprint density at radius 1 is 1.17 bits per heavy atom. The van der Waals surface area contributed by atoms with Crippen molar-refractivity contribution in [3.05, 3.63) is 59.8 Å². The van der Waals surface area contributed by atoms with E-state index in [1.54, 1.807) is 6.07 Å². The molecule has 1 aromatic heterocycles. The lowest BCUT2D eigenvalue weighted by Crippen LogP contribution is -2.36. The van der Waals surface area contributed by atoms with Crippen molar-refractivity contribution in [3.63, 3.8) is 0 Å². The van der Waals surface area contributed by atoms with Gasteiger partial charge in [-0.1, -0.05) is 35.5 Å². The maximum atomic E-state index is 13.0. The van der Waals surface area contributed by atoms with Crippen LogP contribution < -0.4 is 4.31 Å². The Bertz CT molecular complexity index is 978. The van der Waals surface area contributed by atoms with Gasteiger partial charge in [0.05, 0.1) is 5.69 Å². The predicted molar refractivity (Wildman–Crippen MR) is 88.7 cm³/mol. The lowest BCUT2D eigenvalue weighted by atomic mass is 10.1. The number of benzene rings is 2. The first-order valence-corrected chi connectivity index (χ1v) is 9.10. The zero-order valence-electron chi connectivity index (χ0n) is 12.6. The molecule has 3 aromatic rings. The molecular weight excluding hydrogens is 312 g/mol. The van der Waals surface area contributed by atoms with Crippen LogP contribution in [-0.2, 0) is 22.2 Å². The second kappa shape index (κ2) is 5.09. The van der Waals surface area contributed by atoms with Crippen LogP contribution in [0.5, 0.6) is 0 Å². The highest BCUT2D eigenvalue weighted by Crippen LogP contribution is 2.35. The number of fused-ring (bicyclic) bond motifs is 2. The topological polar surface area (TPSA) is 63.4 Å². The van der Waals surface area contributed by atoms with Crippen molar-refractivity contribution in [1.29, 1.82) is 0 Å². The molecule has 0 bridgehead atoms. The largest absolute Gasteiger partial charge is 0.356 e. The fraction of sp³-hybridized carbons (Fsp3) is 0.235. The number of aromatic nitrogens is 1. The van der Waals surface area contributed by atoms with Gasteiger partial charge in [0.2, 0.25) is 10.0 Å². The molecule has 5 nitrogen and oxygen atoms in total. The first-order chi connectivity index (χ1) is 11.1. The Kier molecular flexibility index (Phi) is 3.16. The average Bonchev–Trinajstić information content (AvgIpc) is 3.07. The molecule has 0 spiro atoms. The maximum absolute atomic E-state index is 13.0. The Hall–Kier alpha value is -2.34. The minimum absolute atomic E-state index is 0.0874. The maximum Gasteiger partial charge on any atom is 0.241 e. The van der Waals surface area contributed by atoms with Crippen LogP contribution >= 0.6 is 0 Å². The molecule has 0 amide bonds. The Labute approximate surface area is 134 Å². The molecule has 0 radical (unpaired) electrons. The number of hydrogen-bond acceptors (Lipinski definition) is 4. The van der Waals surface area contributed by atoms with E-state index >= 15 is 0 Å². The molecule has 6 heteroatoms. The third kappa shape index (κ3) is 2.30. The van der Waals surface area contributed by atoms with E-state index in [9.17, 15) is 8.42 Å². The second-order valence-electron chi connectivity index (χ2n) is 5.86. The summed E-state index contributed by atoms with van der Waals surface area (Å²) in [5.74, 6) is -0.164. The zero-order chi connectivity index (χ0) is 16.0. The minimum atomic E-state index is -3.53. The molecule has 0 fully saturated rings. The van der Waals surface area contributed by atoms with Gasteiger partial charge in [0, 0.05) is 11.4 Å². The highest BCUT2D eigenvalue weighted by atomic mass is 32.2. The van der Waals surface area contributed by atoms with Crippen LogP contribution in [0.25, 0.3) is 11.0 Å². The number of para-hydroxylation sites is 2. The van der Waals surface area contributed by atoms with Crippen LogP contribution in [0.1, 0.15) is 18.2 Å². The van der Waals surface area contributed by atoms with Gasteiger partial charge in [-0.05, 0) is 37.1 Å². The summed E-state index contributed by atoms with van der Waals surface area (Å²) in [6, 6.07) is 14.9. The Morgan fingerprint density at radius 2 is 1.91 bits per heavy atom. The number of rotatable bonds is 3. The highest BCUT2D eigenvalue weighted by molar-refractivity contribution is 7.92. The summed E-state index contributed by atoms with van der Waals surface area (Å²) in [7, 11) is -3.53. The zero-order valence-corrected chi connectivity index (χ0v) is 13.5. The monoisotopic (exact) mass is 328 g/mol. The number of hydrogen-bond donors (Lipinski definition) is 0. The molecule has 23 heavy (non-hydrogen) atoms. The average molecular weight is 328 g/mol. The predicted octanol–water partition coefficient (Wildman–Crippen LogP) is 3.11. The van der Waals surface area contributed by atoms with Crippen molar-refractivity contribution in [1.82, 2.24) is 5.16 Å². The normalized spacial score (nSPS) is 17.6. The van der Waals surface area contributed by atoms with Crippen LogP contribution in [0.3, 0.4) is 0 Å².